The molecule has 2 aromatic carbocycles. The lowest BCUT2D eigenvalue weighted by molar-refractivity contribution is 0.693. The minimum atomic E-state index is 0.770. The third-order valence-corrected chi connectivity index (χ3v) is 3.63. The van der Waals surface area contributed by atoms with E-state index < -0.39 is 0 Å². The van der Waals surface area contributed by atoms with Crippen LogP contribution in [0.5, 0.6) is 0 Å². The second kappa shape index (κ2) is 6.37. The van der Waals surface area contributed by atoms with E-state index in [-0.39, 0.29) is 0 Å². The van der Waals surface area contributed by atoms with E-state index in [4.69, 9.17) is 11.6 Å². The van der Waals surface area contributed by atoms with Gasteiger partial charge < -0.3 is 5.32 Å². The van der Waals surface area contributed by atoms with E-state index in [2.05, 4.69) is 52.4 Å². The lowest BCUT2D eigenvalue weighted by Gasteiger charge is -2.07. The Hall–Kier alpha value is -0.830. The van der Waals surface area contributed by atoms with Gasteiger partial charge in [0.2, 0.25) is 0 Å². The van der Waals surface area contributed by atoms with E-state index in [1.807, 2.05) is 18.2 Å². The average molecular weight is 325 g/mol. The highest BCUT2D eigenvalue weighted by molar-refractivity contribution is 9.10. The Labute approximate surface area is 121 Å². The zero-order valence-corrected chi connectivity index (χ0v) is 12.6. The van der Waals surface area contributed by atoms with Gasteiger partial charge in [-0.1, -0.05) is 57.4 Å². The van der Waals surface area contributed by atoms with Crippen LogP contribution >= 0.6 is 27.5 Å². The van der Waals surface area contributed by atoms with Crippen molar-refractivity contribution in [1.82, 2.24) is 5.32 Å². The van der Waals surface area contributed by atoms with Crippen LogP contribution in [0.4, 0.5) is 0 Å². The van der Waals surface area contributed by atoms with Gasteiger partial charge in [-0.15, -0.1) is 0 Å². The summed E-state index contributed by atoms with van der Waals surface area (Å²) in [7, 11) is 0. The summed E-state index contributed by atoms with van der Waals surface area (Å²) >= 11 is 9.59. The summed E-state index contributed by atoms with van der Waals surface area (Å²) in [4.78, 5) is 0. The molecule has 2 aromatic rings. The molecule has 0 aromatic heterocycles. The molecule has 0 bridgehead atoms. The van der Waals surface area contributed by atoms with E-state index in [9.17, 15) is 0 Å². The molecule has 18 heavy (non-hydrogen) atoms. The SMILES string of the molecule is Cc1ccc(CNCc2cc(Br)ccc2Cl)cc1. The van der Waals surface area contributed by atoms with Crippen molar-refractivity contribution in [3.8, 4) is 0 Å². The predicted octanol–water partition coefficient (Wildman–Crippen LogP) is 4.70. The molecule has 0 radical (unpaired) electrons. The molecule has 0 aliphatic rings. The van der Waals surface area contributed by atoms with Gasteiger partial charge >= 0.3 is 0 Å². The van der Waals surface area contributed by atoms with Crippen LogP contribution in [-0.2, 0) is 13.1 Å². The predicted molar refractivity (Wildman–Crippen MR) is 80.9 cm³/mol. The molecule has 0 spiro atoms. The van der Waals surface area contributed by atoms with Crippen LogP contribution in [0.3, 0.4) is 0 Å². The molecule has 3 heteroatoms. The first-order valence-electron chi connectivity index (χ1n) is 5.85. The number of aryl methyl sites for hydroxylation is 1. The third kappa shape index (κ3) is 3.84. The molecule has 0 aliphatic carbocycles. The van der Waals surface area contributed by atoms with E-state index in [0.29, 0.717) is 0 Å². The monoisotopic (exact) mass is 323 g/mol. The number of hydrogen-bond donors (Lipinski definition) is 1. The van der Waals surface area contributed by atoms with Crippen LogP contribution in [0.25, 0.3) is 0 Å². The zero-order valence-electron chi connectivity index (χ0n) is 10.2. The molecule has 0 fully saturated rings. The first-order valence-corrected chi connectivity index (χ1v) is 7.02. The van der Waals surface area contributed by atoms with Crippen LogP contribution in [0.15, 0.2) is 46.9 Å². The molecule has 0 amide bonds. The molecule has 1 nitrogen and oxygen atoms in total. The highest BCUT2D eigenvalue weighted by Gasteiger charge is 2.01. The Morgan fingerprint density at radius 1 is 1.06 bits per heavy atom. The molecule has 2 rings (SSSR count). The fraction of sp³-hybridized carbons (Fsp3) is 0.200. The summed E-state index contributed by atoms with van der Waals surface area (Å²) in [6.07, 6.45) is 0. The van der Waals surface area contributed by atoms with Crippen molar-refractivity contribution in [2.24, 2.45) is 0 Å². The van der Waals surface area contributed by atoms with Crippen molar-refractivity contribution in [2.75, 3.05) is 0 Å². The van der Waals surface area contributed by atoms with Gasteiger partial charge in [0.1, 0.15) is 0 Å². The molecule has 0 saturated carbocycles. The lowest BCUT2D eigenvalue weighted by atomic mass is 10.1. The van der Waals surface area contributed by atoms with Gasteiger partial charge in [-0.05, 0) is 36.2 Å². The largest absolute Gasteiger partial charge is 0.309 e. The van der Waals surface area contributed by atoms with Gasteiger partial charge in [-0.3, -0.25) is 0 Å². The van der Waals surface area contributed by atoms with Crippen molar-refractivity contribution in [2.45, 2.75) is 20.0 Å². The van der Waals surface area contributed by atoms with Crippen LogP contribution in [0.2, 0.25) is 5.02 Å². The van der Waals surface area contributed by atoms with Crippen molar-refractivity contribution in [1.29, 1.82) is 0 Å². The number of halogens is 2. The summed E-state index contributed by atoms with van der Waals surface area (Å²) in [5.74, 6) is 0. The van der Waals surface area contributed by atoms with Gasteiger partial charge in [0, 0.05) is 22.6 Å². The van der Waals surface area contributed by atoms with Gasteiger partial charge in [-0.25, -0.2) is 0 Å². The van der Waals surface area contributed by atoms with Crippen LogP contribution in [0.1, 0.15) is 16.7 Å². The van der Waals surface area contributed by atoms with E-state index in [1.54, 1.807) is 0 Å². The van der Waals surface area contributed by atoms with Crippen molar-refractivity contribution < 1.29 is 0 Å². The summed E-state index contributed by atoms with van der Waals surface area (Å²) in [5.41, 5.74) is 3.68. The second-order valence-corrected chi connectivity index (χ2v) is 5.65. The minimum Gasteiger partial charge on any atom is -0.309 e. The first-order chi connectivity index (χ1) is 8.65. The van der Waals surface area contributed by atoms with E-state index in [1.165, 1.54) is 11.1 Å². The Balaban J connectivity index is 1.92. The first kappa shape index (κ1) is 13.6. The highest BCUT2D eigenvalue weighted by atomic mass is 79.9. The Bertz CT molecular complexity index is 523. The quantitative estimate of drug-likeness (QED) is 0.859. The topological polar surface area (TPSA) is 12.0 Å². The normalized spacial score (nSPS) is 10.6. The van der Waals surface area contributed by atoms with Crippen LogP contribution in [-0.4, -0.2) is 0 Å². The molecule has 1 N–H and O–H groups in total. The van der Waals surface area contributed by atoms with E-state index >= 15 is 0 Å². The Morgan fingerprint density at radius 3 is 2.50 bits per heavy atom. The summed E-state index contributed by atoms with van der Waals surface area (Å²) in [6, 6.07) is 14.5. The number of benzene rings is 2. The third-order valence-electron chi connectivity index (χ3n) is 2.77. The fourth-order valence-corrected chi connectivity index (χ4v) is 2.32. The number of hydrogen-bond acceptors (Lipinski definition) is 1. The van der Waals surface area contributed by atoms with Gasteiger partial charge in [0.05, 0.1) is 0 Å². The number of nitrogens with one attached hydrogen (secondary N) is 1. The molecule has 94 valence electrons. The molecular weight excluding hydrogens is 310 g/mol. The van der Waals surface area contributed by atoms with E-state index in [0.717, 1.165) is 28.1 Å². The molecule has 0 aliphatic heterocycles. The summed E-state index contributed by atoms with van der Waals surface area (Å²) in [5, 5.41) is 4.20. The maximum Gasteiger partial charge on any atom is 0.0451 e. The van der Waals surface area contributed by atoms with Crippen molar-refractivity contribution >= 4 is 27.5 Å². The summed E-state index contributed by atoms with van der Waals surface area (Å²) in [6.45, 7) is 3.72. The molecule has 0 heterocycles. The molecule has 0 saturated heterocycles. The maximum absolute atomic E-state index is 6.14. The van der Waals surface area contributed by atoms with Crippen molar-refractivity contribution in [3.05, 3.63) is 68.7 Å². The standard InChI is InChI=1S/C15H15BrClN/c1-11-2-4-12(5-3-11)9-18-10-13-8-14(16)6-7-15(13)17/h2-8,18H,9-10H2,1H3. The second-order valence-electron chi connectivity index (χ2n) is 4.32. The Morgan fingerprint density at radius 2 is 1.78 bits per heavy atom. The zero-order chi connectivity index (χ0) is 13.0. The van der Waals surface area contributed by atoms with Gasteiger partial charge in [0.15, 0.2) is 0 Å². The summed E-state index contributed by atoms with van der Waals surface area (Å²) < 4.78 is 1.05. The maximum atomic E-state index is 6.14. The highest BCUT2D eigenvalue weighted by Crippen LogP contribution is 2.20. The minimum absolute atomic E-state index is 0.770. The molecule has 0 unspecified atom stereocenters. The lowest BCUT2D eigenvalue weighted by Crippen LogP contribution is -2.12. The van der Waals surface area contributed by atoms with Crippen molar-refractivity contribution in [3.63, 3.8) is 0 Å². The molecule has 0 atom stereocenters. The van der Waals surface area contributed by atoms with Gasteiger partial charge in [-0.2, -0.15) is 0 Å². The smallest absolute Gasteiger partial charge is 0.0451 e. The fourth-order valence-electron chi connectivity index (χ4n) is 1.73. The van der Waals surface area contributed by atoms with Gasteiger partial charge in [0.25, 0.3) is 0 Å². The van der Waals surface area contributed by atoms with Crippen LogP contribution in [0, 0.1) is 6.92 Å². The average Bonchev–Trinajstić information content (AvgIpc) is 2.36. The van der Waals surface area contributed by atoms with Crippen LogP contribution < -0.4 is 5.32 Å². The number of rotatable bonds is 4. The Kier molecular flexibility index (Phi) is 4.81. The molecular formula is C15H15BrClN.